The minimum atomic E-state index is -2.58. The predicted octanol–water partition coefficient (Wildman–Crippen LogP) is 7.49. The third-order valence-corrected chi connectivity index (χ3v) is 15.9. The smallest absolute Gasteiger partial charge is 0.256 e. The van der Waals surface area contributed by atoms with Crippen LogP contribution < -0.4 is 5.32 Å². The quantitative estimate of drug-likeness (QED) is 0.0498. The molecule has 304 valence electrons. The second kappa shape index (κ2) is 16.8. The van der Waals surface area contributed by atoms with E-state index >= 15 is 0 Å². The highest BCUT2D eigenvalue weighted by Gasteiger charge is 2.54. The van der Waals surface area contributed by atoms with Gasteiger partial charge in [-0.25, -0.2) is 24.7 Å². The highest BCUT2D eigenvalue weighted by Crippen LogP contribution is 2.47. The van der Waals surface area contributed by atoms with Gasteiger partial charge < -0.3 is 29.1 Å². The van der Waals surface area contributed by atoms with Crippen LogP contribution in [0.1, 0.15) is 54.9 Å². The third kappa shape index (κ3) is 7.82. The minimum Gasteiger partial charge on any atom is -0.406 e. The van der Waals surface area contributed by atoms with Crippen LogP contribution in [0.25, 0.3) is 11.2 Å². The fourth-order valence-electron chi connectivity index (χ4n) is 7.11. The van der Waals surface area contributed by atoms with Crippen LogP contribution in [0.15, 0.2) is 127 Å². The zero-order valence-electron chi connectivity index (χ0n) is 33.9. The molecule has 0 bridgehead atoms. The number of ether oxygens (including phenoxy) is 3. The lowest BCUT2D eigenvalue weighted by Crippen LogP contribution is -2.50. The molecule has 7 rings (SSSR count). The lowest BCUT2D eigenvalue weighted by molar-refractivity contribution is -0.382. The second-order valence-electron chi connectivity index (χ2n) is 15.9. The molecule has 0 saturated carbocycles. The van der Waals surface area contributed by atoms with Crippen LogP contribution in [-0.4, -0.2) is 83.8 Å². The first-order valence-electron chi connectivity index (χ1n) is 19.3. The number of hydrogen-bond acceptors (Lipinski definition) is 11. The van der Waals surface area contributed by atoms with Gasteiger partial charge in [0.2, 0.25) is 0 Å². The number of carbonyl (C=O) groups excluding carboxylic acids is 1. The van der Waals surface area contributed by atoms with Crippen molar-refractivity contribution in [3.8, 4) is 0 Å². The number of anilines is 1. The van der Waals surface area contributed by atoms with Crippen molar-refractivity contribution in [2.24, 2.45) is 0 Å². The fraction of sp³-hybridized carbons (Fsp3) is 0.364. The van der Waals surface area contributed by atoms with E-state index in [-0.39, 0.29) is 16.8 Å². The SMILES string of the molecule is COC1(OC)C=CC(C(OO[C@H]2[C@@H](O[Si](C)(C)C(C)(C)C)[C@H](n3cnc4c(NC(=O)c5ccccc5)ncnc43)O[C@@H]2CO)(c2ccccc2)c2ccccc2)=CC1. The molecule has 58 heavy (non-hydrogen) atoms. The summed E-state index contributed by atoms with van der Waals surface area (Å²) < 4.78 is 27.1. The number of methoxy groups -OCH3 is 2. The number of aliphatic hydroxyl groups is 1. The zero-order chi connectivity index (χ0) is 41.1. The number of imidazole rings is 1. The number of rotatable bonds is 14. The van der Waals surface area contributed by atoms with E-state index in [1.807, 2.05) is 85.0 Å². The summed E-state index contributed by atoms with van der Waals surface area (Å²) in [5.74, 6) is -1.04. The van der Waals surface area contributed by atoms with Gasteiger partial charge in [0.1, 0.15) is 18.5 Å². The number of amides is 1. The van der Waals surface area contributed by atoms with E-state index in [4.69, 9.17) is 28.4 Å². The third-order valence-electron chi connectivity index (χ3n) is 11.5. The molecule has 3 aromatic carbocycles. The first kappa shape index (κ1) is 41.3. The summed E-state index contributed by atoms with van der Waals surface area (Å²) in [6.45, 7) is 10.3. The Balaban J connectivity index is 1.30. The topological polar surface area (TPSA) is 148 Å². The highest BCUT2D eigenvalue weighted by atomic mass is 28.4. The van der Waals surface area contributed by atoms with E-state index in [1.165, 1.54) is 6.33 Å². The molecule has 3 heterocycles. The maximum Gasteiger partial charge on any atom is 0.256 e. The Morgan fingerprint density at radius 1 is 0.914 bits per heavy atom. The Morgan fingerprint density at radius 2 is 1.53 bits per heavy atom. The number of aromatic nitrogens is 4. The number of benzene rings is 3. The summed E-state index contributed by atoms with van der Waals surface area (Å²) in [6, 6.07) is 28.5. The van der Waals surface area contributed by atoms with Gasteiger partial charge in [-0.05, 0) is 53.0 Å². The van der Waals surface area contributed by atoms with Gasteiger partial charge in [-0.1, -0.05) is 112 Å². The lowest BCUT2D eigenvalue weighted by atomic mass is 9.77. The molecular formula is C44H51N5O8Si. The maximum atomic E-state index is 13.2. The van der Waals surface area contributed by atoms with Crippen molar-refractivity contribution in [1.29, 1.82) is 0 Å². The molecule has 0 spiro atoms. The molecular weight excluding hydrogens is 755 g/mol. The van der Waals surface area contributed by atoms with Gasteiger partial charge in [0.15, 0.2) is 49.0 Å². The largest absolute Gasteiger partial charge is 0.406 e. The van der Waals surface area contributed by atoms with Crippen molar-refractivity contribution < 1.29 is 38.3 Å². The Labute approximate surface area is 339 Å². The molecule has 2 N–H and O–H groups in total. The van der Waals surface area contributed by atoms with Gasteiger partial charge in [0, 0.05) is 26.2 Å². The van der Waals surface area contributed by atoms with Gasteiger partial charge in [0.05, 0.1) is 12.9 Å². The van der Waals surface area contributed by atoms with E-state index in [0.717, 1.165) is 16.7 Å². The Kier molecular flexibility index (Phi) is 11.9. The zero-order valence-corrected chi connectivity index (χ0v) is 34.9. The van der Waals surface area contributed by atoms with Gasteiger partial charge in [-0.15, -0.1) is 0 Å². The van der Waals surface area contributed by atoms with Crippen LogP contribution in [0.5, 0.6) is 0 Å². The summed E-state index contributed by atoms with van der Waals surface area (Å²) >= 11 is 0. The first-order valence-corrected chi connectivity index (χ1v) is 22.2. The molecule has 1 aliphatic carbocycles. The van der Waals surface area contributed by atoms with Crippen molar-refractivity contribution in [2.75, 3.05) is 26.1 Å². The molecule has 0 radical (unpaired) electrons. The van der Waals surface area contributed by atoms with E-state index in [2.05, 4.69) is 54.1 Å². The normalized spacial score (nSPS) is 20.9. The van der Waals surface area contributed by atoms with Gasteiger partial charge in [0.25, 0.3) is 5.91 Å². The molecule has 4 atom stereocenters. The average Bonchev–Trinajstić information content (AvgIpc) is 3.83. The number of hydrogen-bond donors (Lipinski definition) is 2. The summed E-state index contributed by atoms with van der Waals surface area (Å²) in [5, 5.41) is 13.6. The van der Waals surface area contributed by atoms with Crippen molar-refractivity contribution in [3.63, 3.8) is 0 Å². The second-order valence-corrected chi connectivity index (χ2v) is 20.7. The van der Waals surface area contributed by atoms with Crippen molar-refractivity contribution in [1.82, 2.24) is 19.5 Å². The van der Waals surface area contributed by atoms with E-state index in [0.29, 0.717) is 23.1 Å². The van der Waals surface area contributed by atoms with E-state index in [1.54, 1.807) is 49.4 Å². The number of carbonyl (C=O) groups is 1. The molecule has 2 aliphatic rings. The summed E-state index contributed by atoms with van der Waals surface area (Å²) in [5.41, 5.74) is 2.32. The first-order chi connectivity index (χ1) is 27.9. The number of fused-ring (bicyclic) bond motifs is 1. The Bertz CT molecular complexity index is 2200. The van der Waals surface area contributed by atoms with Gasteiger partial charge >= 0.3 is 0 Å². The standard InChI is InChI=1S/C44H51N5O8Si/c1-42(2,3)58(6,7)56-37-36(34(27-50)54-41(37)49-29-47-35-38(45-28-46-39(35)49)48-40(51)30-17-11-8-12-18-30)55-57-44(31-19-13-9-14-20-31,32-21-15-10-16-22-32)33-23-25-43(52-4,53-5)26-24-33/h8-25,28-29,34,36-37,41,50H,26-27H2,1-7H3,(H,45,46,48,51)/t34-,36-,37-,41-/m1/s1. The van der Waals surface area contributed by atoms with Crippen LogP contribution in [0.4, 0.5) is 5.82 Å². The summed E-state index contributed by atoms with van der Waals surface area (Å²) in [6.07, 6.45) is 5.66. The maximum absolute atomic E-state index is 13.2. The van der Waals surface area contributed by atoms with Gasteiger partial charge in [-0.2, -0.15) is 0 Å². The van der Waals surface area contributed by atoms with Crippen molar-refractivity contribution >= 4 is 31.2 Å². The van der Waals surface area contributed by atoms with Crippen LogP contribution in [0.3, 0.4) is 0 Å². The van der Waals surface area contributed by atoms with Crippen molar-refractivity contribution in [3.05, 3.63) is 144 Å². The molecule has 0 unspecified atom stereocenters. The van der Waals surface area contributed by atoms with Crippen LogP contribution in [0.2, 0.25) is 18.1 Å². The van der Waals surface area contributed by atoms with Crippen molar-refractivity contribution in [2.45, 2.75) is 81.3 Å². The molecule has 2 aromatic heterocycles. The van der Waals surface area contributed by atoms with Crippen LogP contribution in [-0.2, 0) is 34.0 Å². The molecule has 13 nitrogen and oxygen atoms in total. The molecule has 1 aliphatic heterocycles. The summed E-state index contributed by atoms with van der Waals surface area (Å²) in [4.78, 5) is 40.4. The van der Waals surface area contributed by atoms with Crippen LogP contribution >= 0.6 is 0 Å². The molecule has 14 heteroatoms. The van der Waals surface area contributed by atoms with E-state index < -0.39 is 50.9 Å². The minimum absolute atomic E-state index is 0.209. The predicted molar refractivity (Wildman–Crippen MR) is 221 cm³/mol. The number of nitrogens with one attached hydrogen (secondary N) is 1. The fourth-order valence-corrected chi connectivity index (χ4v) is 8.39. The lowest BCUT2D eigenvalue weighted by Gasteiger charge is -2.42. The van der Waals surface area contributed by atoms with Crippen LogP contribution in [0, 0.1) is 0 Å². The average molecular weight is 806 g/mol. The summed E-state index contributed by atoms with van der Waals surface area (Å²) in [7, 11) is 0.644. The molecule has 1 amide bonds. The Morgan fingerprint density at radius 3 is 2.09 bits per heavy atom. The van der Waals surface area contributed by atoms with Gasteiger partial charge in [-0.3, -0.25) is 9.36 Å². The molecule has 5 aromatic rings. The molecule has 1 fully saturated rings. The van der Waals surface area contributed by atoms with E-state index in [9.17, 15) is 9.90 Å². The highest BCUT2D eigenvalue weighted by molar-refractivity contribution is 6.74. The monoisotopic (exact) mass is 805 g/mol. The number of aliphatic hydroxyl groups excluding tert-OH is 1. The molecule has 1 saturated heterocycles. The Hall–Kier alpha value is -4.90. The number of nitrogens with zero attached hydrogens (tertiary/aromatic N) is 4.